The molecule has 1 N–H and O–H groups in total. The van der Waals surface area contributed by atoms with Gasteiger partial charge in [-0.1, -0.05) is 23.2 Å². The fraction of sp³-hybridized carbons (Fsp3) is 0.133. The molecule has 0 heterocycles. The van der Waals surface area contributed by atoms with Crippen LogP contribution in [0, 0.1) is 17.1 Å². The summed E-state index contributed by atoms with van der Waals surface area (Å²) in [6.07, 6.45) is 0. The quantitative estimate of drug-likeness (QED) is 0.921. The van der Waals surface area contributed by atoms with Crippen LogP contribution in [0.1, 0.15) is 16.7 Å². The number of aliphatic hydroxyl groups is 1. The van der Waals surface area contributed by atoms with Crippen molar-refractivity contribution in [3.8, 4) is 11.8 Å². The molecule has 2 rings (SSSR count). The Morgan fingerprint density at radius 2 is 1.95 bits per heavy atom. The SMILES string of the molecule is N#Cc1ccc(F)cc1COc1c(Cl)cc(Cl)cc1CO. The van der Waals surface area contributed by atoms with E-state index in [1.807, 2.05) is 6.07 Å². The van der Waals surface area contributed by atoms with Crippen LogP contribution in [0.3, 0.4) is 0 Å². The minimum absolute atomic E-state index is 0.0466. The van der Waals surface area contributed by atoms with Gasteiger partial charge in [0.05, 0.1) is 23.3 Å². The normalized spacial score (nSPS) is 10.2. The van der Waals surface area contributed by atoms with E-state index in [1.165, 1.54) is 30.3 Å². The molecular weight excluding hydrogens is 316 g/mol. The highest BCUT2D eigenvalue weighted by atomic mass is 35.5. The Morgan fingerprint density at radius 1 is 1.19 bits per heavy atom. The molecule has 2 aromatic carbocycles. The van der Waals surface area contributed by atoms with Gasteiger partial charge in [0.1, 0.15) is 18.2 Å². The van der Waals surface area contributed by atoms with Gasteiger partial charge in [0.25, 0.3) is 0 Å². The van der Waals surface area contributed by atoms with E-state index >= 15 is 0 Å². The Morgan fingerprint density at radius 3 is 2.62 bits per heavy atom. The molecular formula is C15H10Cl2FNO2. The molecule has 0 radical (unpaired) electrons. The van der Waals surface area contributed by atoms with Crippen molar-refractivity contribution >= 4 is 23.2 Å². The fourth-order valence-electron chi connectivity index (χ4n) is 1.83. The fourth-order valence-corrected chi connectivity index (χ4v) is 2.42. The summed E-state index contributed by atoms with van der Waals surface area (Å²) in [5.41, 5.74) is 1.13. The molecule has 0 unspecified atom stereocenters. The third-order valence-corrected chi connectivity index (χ3v) is 3.31. The van der Waals surface area contributed by atoms with Crippen LogP contribution in [-0.4, -0.2) is 5.11 Å². The molecule has 0 aliphatic carbocycles. The van der Waals surface area contributed by atoms with E-state index in [2.05, 4.69) is 0 Å². The van der Waals surface area contributed by atoms with Crippen molar-refractivity contribution < 1.29 is 14.2 Å². The van der Waals surface area contributed by atoms with E-state index in [-0.39, 0.29) is 24.0 Å². The van der Waals surface area contributed by atoms with Gasteiger partial charge in [-0.15, -0.1) is 0 Å². The summed E-state index contributed by atoms with van der Waals surface area (Å²) in [5, 5.41) is 18.9. The van der Waals surface area contributed by atoms with Gasteiger partial charge in [-0.3, -0.25) is 0 Å². The maximum Gasteiger partial charge on any atom is 0.144 e. The van der Waals surface area contributed by atoms with Crippen LogP contribution >= 0.6 is 23.2 Å². The van der Waals surface area contributed by atoms with Gasteiger partial charge in [-0.05, 0) is 30.3 Å². The third kappa shape index (κ3) is 3.64. The Hall–Kier alpha value is -1.80. The molecule has 0 saturated heterocycles. The van der Waals surface area contributed by atoms with E-state index in [4.69, 9.17) is 33.2 Å². The second-order valence-electron chi connectivity index (χ2n) is 4.24. The standard InChI is InChI=1S/C15H10Cl2FNO2/c16-12-3-10(7-20)15(14(17)5-12)21-8-11-4-13(18)2-1-9(11)6-19/h1-5,20H,7-8H2. The Balaban J connectivity index is 2.29. The van der Waals surface area contributed by atoms with Gasteiger partial charge in [0.2, 0.25) is 0 Å². The van der Waals surface area contributed by atoms with Gasteiger partial charge < -0.3 is 9.84 Å². The molecule has 0 aliphatic heterocycles. The minimum Gasteiger partial charge on any atom is -0.487 e. The largest absolute Gasteiger partial charge is 0.487 e. The summed E-state index contributed by atoms with van der Waals surface area (Å²) >= 11 is 11.9. The number of nitrogens with zero attached hydrogens (tertiary/aromatic N) is 1. The Kier molecular flexibility index (Phi) is 5.03. The van der Waals surface area contributed by atoms with Crippen molar-refractivity contribution in [3.63, 3.8) is 0 Å². The second kappa shape index (κ2) is 6.77. The molecule has 0 spiro atoms. The number of hydrogen-bond donors (Lipinski definition) is 1. The van der Waals surface area contributed by atoms with Crippen molar-refractivity contribution in [2.75, 3.05) is 0 Å². The molecule has 108 valence electrons. The van der Waals surface area contributed by atoms with E-state index in [1.54, 1.807) is 0 Å². The minimum atomic E-state index is -0.461. The molecule has 0 aromatic heterocycles. The topological polar surface area (TPSA) is 53.2 Å². The smallest absolute Gasteiger partial charge is 0.144 e. The van der Waals surface area contributed by atoms with Crippen LogP contribution in [0.15, 0.2) is 30.3 Å². The molecule has 0 bridgehead atoms. The first-order chi connectivity index (χ1) is 10.0. The summed E-state index contributed by atoms with van der Waals surface area (Å²) in [6, 6.07) is 8.78. The molecule has 0 amide bonds. The average molecular weight is 326 g/mol. The summed E-state index contributed by atoms with van der Waals surface area (Å²) < 4.78 is 18.8. The van der Waals surface area contributed by atoms with Crippen LogP contribution in [0.5, 0.6) is 5.75 Å². The lowest BCUT2D eigenvalue weighted by molar-refractivity contribution is 0.259. The maximum absolute atomic E-state index is 13.2. The van der Waals surface area contributed by atoms with Crippen LogP contribution in [-0.2, 0) is 13.2 Å². The lowest BCUT2D eigenvalue weighted by Crippen LogP contribution is -2.02. The lowest BCUT2D eigenvalue weighted by atomic mass is 10.1. The van der Waals surface area contributed by atoms with Gasteiger partial charge in [-0.2, -0.15) is 5.26 Å². The molecule has 21 heavy (non-hydrogen) atoms. The first kappa shape index (κ1) is 15.6. The Labute approximate surface area is 131 Å². The zero-order chi connectivity index (χ0) is 15.4. The number of halogens is 3. The highest BCUT2D eigenvalue weighted by Crippen LogP contribution is 2.33. The van der Waals surface area contributed by atoms with Crippen LogP contribution < -0.4 is 4.74 Å². The summed E-state index contributed by atoms with van der Waals surface area (Å²) in [6.45, 7) is -0.348. The molecule has 6 heteroatoms. The second-order valence-corrected chi connectivity index (χ2v) is 5.08. The van der Waals surface area contributed by atoms with Crippen LogP contribution in [0.25, 0.3) is 0 Å². The number of aliphatic hydroxyl groups excluding tert-OH is 1. The monoisotopic (exact) mass is 325 g/mol. The molecule has 0 atom stereocenters. The van der Waals surface area contributed by atoms with Crippen molar-refractivity contribution in [3.05, 3.63) is 62.9 Å². The molecule has 0 fully saturated rings. The van der Waals surface area contributed by atoms with E-state index in [0.29, 0.717) is 21.7 Å². The first-order valence-electron chi connectivity index (χ1n) is 5.95. The number of nitriles is 1. The highest BCUT2D eigenvalue weighted by Gasteiger charge is 2.12. The van der Waals surface area contributed by atoms with E-state index in [9.17, 15) is 9.50 Å². The van der Waals surface area contributed by atoms with Gasteiger partial charge in [0, 0.05) is 16.1 Å². The van der Waals surface area contributed by atoms with Crippen molar-refractivity contribution in [2.45, 2.75) is 13.2 Å². The maximum atomic E-state index is 13.2. The van der Waals surface area contributed by atoms with E-state index in [0.717, 1.165) is 0 Å². The molecule has 0 saturated carbocycles. The zero-order valence-electron chi connectivity index (χ0n) is 10.7. The molecule has 3 nitrogen and oxygen atoms in total. The first-order valence-corrected chi connectivity index (χ1v) is 6.71. The predicted molar refractivity (Wildman–Crippen MR) is 77.8 cm³/mol. The summed E-state index contributed by atoms with van der Waals surface area (Å²) in [7, 11) is 0. The zero-order valence-corrected chi connectivity index (χ0v) is 12.2. The number of ether oxygens (including phenoxy) is 1. The van der Waals surface area contributed by atoms with Crippen molar-refractivity contribution in [2.24, 2.45) is 0 Å². The lowest BCUT2D eigenvalue weighted by Gasteiger charge is -2.13. The van der Waals surface area contributed by atoms with Crippen LogP contribution in [0.4, 0.5) is 4.39 Å². The molecule has 2 aromatic rings. The van der Waals surface area contributed by atoms with Gasteiger partial charge in [-0.25, -0.2) is 4.39 Å². The number of hydrogen-bond acceptors (Lipinski definition) is 3. The predicted octanol–water partition coefficient (Wildman–Crippen LogP) is 4.08. The van der Waals surface area contributed by atoms with Crippen molar-refractivity contribution in [1.82, 2.24) is 0 Å². The van der Waals surface area contributed by atoms with Crippen LogP contribution in [0.2, 0.25) is 10.0 Å². The summed E-state index contributed by atoms with van der Waals surface area (Å²) in [5.74, 6) is -0.200. The Bertz CT molecular complexity index is 714. The molecule has 0 aliphatic rings. The number of benzene rings is 2. The van der Waals surface area contributed by atoms with Gasteiger partial charge in [0.15, 0.2) is 0 Å². The average Bonchev–Trinajstić information content (AvgIpc) is 2.45. The third-order valence-electron chi connectivity index (χ3n) is 2.82. The summed E-state index contributed by atoms with van der Waals surface area (Å²) in [4.78, 5) is 0. The van der Waals surface area contributed by atoms with Gasteiger partial charge >= 0.3 is 0 Å². The van der Waals surface area contributed by atoms with Crippen molar-refractivity contribution in [1.29, 1.82) is 5.26 Å². The van der Waals surface area contributed by atoms with E-state index < -0.39 is 5.82 Å². The number of rotatable bonds is 4. The highest BCUT2D eigenvalue weighted by molar-refractivity contribution is 6.35.